The van der Waals surface area contributed by atoms with E-state index in [1.807, 2.05) is 0 Å². The van der Waals surface area contributed by atoms with Gasteiger partial charge in [-0.25, -0.2) is 0 Å². The van der Waals surface area contributed by atoms with Crippen LogP contribution in [0.25, 0.3) is 0 Å². The predicted molar refractivity (Wildman–Crippen MR) is 65.7 cm³/mol. The van der Waals surface area contributed by atoms with Gasteiger partial charge in [0.1, 0.15) is 0 Å². The molecule has 116 valence electrons. The van der Waals surface area contributed by atoms with Crippen molar-refractivity contribution >= 4 is 11.9 Å². The first-order valence-corrected chi connectivity index (χ1v) is 6.69. The van der Waals surface area contributed by atoms with Crippen LogP contribution in [0.15, 0.2) is 0 Å². The zero-order valence-corrected chi connectivity index (χ0v) is 11.6. The molecular weight excluding hydrogens is 275 g/mol. The smallest absolute Gasteiger partial charge is 0.392 e. The number of carbonyl (C=O) groups is 2. The Hall–Kier alpha value is -1.27. The van der Waals surface area contributed by atoms with Gasteiger partial charge in [-0.3, -0.25) is 9.59 Å². The van der Waals surface area contributed by atoms with E-state index in [-0.39, 0.29) is 19.3 Å². The second-order valence-corrected chi connectivity index (χ2v) is 5.23. The molecule has 1 fully saturated rings. The summed E-state index contributed by atoms with van der Waals surface area (Å²) >= 11 is 0. The zero-order valence-electron chi connectivity index (χ0n) is 11.6. The van der Waals surface area contributed by atoms with Crippen molar-refractivity contribution < 1.29 is 27.5 Å². The number of amides is 1. The van der Waals surface area contributed by atoms with E-state index in [2.05, 4.69) is 10.1 Å². The van der Waals surface area contributed by atoms with Crippen molar-refractivity contribution in [3.8, 4) is 0 Å². The van der Waals surface area contributed by atoms with Gasteiger partial charge in [-0.2, -0.15) is 13.2 Å². The summed E-state index contributed by atoms with van der Waals surface area (Å²) in [5, 5.41) is 2.48. The first-order chi connectivity index (χ1) is 9.25. The van der Waals surface area contributed by atoms with Gasteiger partial charge < -0.3 is 10.1 Å². The summed E-state index contributed by atoms with van der Waals surface area (Å²) < 4.78 is 43.2. The minimum atomic E-state index is -4.35. The molecule has 7 heteroatoms. The Morgan fingerprint density at radius 1 is 1.30 bits per heavy atom. The lowest BCUT2D eigenvalue weighted by Crippen LogP contribution is -2.45. The Kier molecular flexibility index (Phi) is 5.83. The van der Waals surface area contributed by atoms with E-state index >= 15 is 0 Å². The highest BCUT2D eigenvalue weighted by Gasteiger charge is 2.48. The molecule has 0 heterocycles. The SMILES string of the molecule is COC(=O)C[C@H](C)NC(=O)[C@H]1CCCC[C@@H]1C(F)(F)F. The van der Waals surface area contributed by atoms with Crippen LogP contribution in [0.3, 0.4) is 0 Å². The van der Waals surface area contributed by atoms with E-state index in [0.29, 0.717) is 12.8 Å². The third kappa shape index (κ3) is 4.68. The molecule has 0 aliphatic heterocycles. The van der Waals surface area contributed by atoms with Crippen molar-refractivity contribution in [2.75, 3.05) is 7.11 Å². The molecule has 3 atom stereocenters. The maximum atomic E-state index is 12.9. The second-order valence-electron chi connectivity index (χ2n) is 5.23. The van der Waals surface area contributed by atoms with Crippen LogP contribution in [-0.4, -0.2) is 31.2 Å². The van der Waals surface area contributed by atoms with Crippen LogP contribution in [0.4, 0.5) is 13.2 Å². The molecule has 0 bridgehead atoms. The molecule has 0 spiro atoms. The van der Waals surface area contributed by atoms with Gasteiger partial charge in [-0.1, -0.05) is 12.8 Å². The van der Waals surface area contributed by atoms with E-state index < -0.39 is 35.9 Å². The number of methoxy groups -OCH3 is 1. The standard InChI is InChI=1S/C13H20F3NO3/c1-8(7-11(18)20-2)17-12(19)9-5-3-4-6-10(9)13(14,15)16/h8-10H,3-7H2,1-2H3,(H,17,19)/t8-,9-,10-/m0/s1. The second kappa shape index (κ2) is 6.95. The maximum Gasteiger partial charge on any atom is 0.392 e. The Labute approximate surface area is 116 Å². The molecule has 0 radical (unpaired) electrons. The highest BCUT2D eigenvalue weighted by atomic mass is 19.4. The van der Waals surface area contributed by atoms with Gasteiger partial charge in [-0.05, 0) is 19.8 Å². The Morgan fingerprint density at radius 3 is 2.45 bits per heavy atom. The molecular formula is C13H20F3NO3. The Bertz CT molecular complexity index is 357. The van der Waals surface area contributed by atoms with E-state index in [4.69, 9.17) is 0 Å². The fourth-order valence-electron chi connectivity index (χ4n) is 2.57. The van der Waals surface area contributed by atoms with E-state index in [0.717, 1.165) is 0 Å². The fourth-order valence-corrected chi connectivity index (χ4v) is 2.57. The minimum absolute atomic E-state index is 0.00697. The normalized spacial score (nSPS) is 24.9. The van der Waals surface area contributed by atoms with Crippen LogP contribution in [0.1, 0.15) is 39.0 Å². The molecule has 1 N–H and O–H groups in total. The van der Waals surface area contributed by atoms with Gasteiger partial charge in [0.25, 0.3) is 0 Å². The Morgan fingerprint density at radius 2 is 1.90 bits per heavy atom. The molecule has 20 heavy (non-hydrogen) atoms. The number of alkyl halides is 3. The zero-order chi connectivity index (χ0) is 15.3. The van der Waals surface area contributed by atoms with Crippen molar-refractivity contribution in [3.63, 3.8) is 0 Å². The highest BCUT2D eigenvalue weighted by molar-refractivity contribution is 5.80. The number of esters is 1. The molecule has 1 aliphatic rings. The summed E-state index contributed by atoms with van der Waals surface area (Å²) in [5.74, 6) is -3.76. The molecule has 1 saturated carbocycles. The quantitative estimate of drug-likeness (QED) is 0.810. The summed E-state index contributed by atoms with van der Waals surface area (Å²) in [6.07, 6.45) is -3.06. The van der Waals surface area contributed by atoms with E-state index in [1.165, 1.54) is 7.11 Å². The molecule has 0 aromatic heterocycles. The van der Waals surface area contributed by atoms with Gasteiger partial charge in [0.15, 0.2) is 0 Å². The van der Waals surface area contributed by atoms with Crippen LogP contribution in [-0.2, 0) is 14.3 Å². The van der Waals surface area contributed by atoms with Crippen LogP contribution < -0.4 is 5.32 Å². The summed E-state index contributed by atoms with van der Waals surface area (Å²) in [6, 6.07) is -0.536. The van der Waals surface area contributed by atoms with E-state index in [9.17, 15) is 22.8 Å². The lowest BCUT2D eigenvalue weighted by molar-refractivity contribution is -0.198. The predicted octanol–water partition coefficient (Wildman–Crippen LogP) is 2.42. The van der Waals surface area contributed by atoms with Crippen molar-refractivity contribution in [1.29, 1.82) is 0 Å². The topological polar surface area (TPSA) is 55.4 Å². The molecule has 1 amide bonds. The number of carbonyl (C=O) groups excluding carboxylic acids is 2. The van der Waals surface area contributed by atoms with Crippen molar-refractivity contribution in [1.82, 2.24) is 5.32 Å². The maximum absolute atomic E-state index is 12.9. The number of rotatable bonds is 4. The van der Waals surface area contributed by atoms with Crippen molar-refractivity contribution in [2.24, 2.45) is 11.8 Å². The summed E-state index contributed by atoms with van der Waals surface area (Å²) in [5.41, 5.74) is 0. The number of halogens is 3. The summed E-state index contributed by atoms with van der Waals surface area (Å²) in [6.45, 7) is 1.57. The average Bonchev–Trinajstić information content (AvgIpc) is 2.37. The van der Waals surface area contributed by atoms with Gasteiger partial charge in [-0.15, -0.1) is 0 Å². The molecule has 1 rings (SSSR count). The third-order valence-corrected chi connectivity index (χ3v) is 3.61. The lowest BCUT2D eigenvalue weighted by atomic mass is 9.78. The van der Waals surface area contributed by atoms with Gasteiger partial charge in [0, 0.05) is 12.0 Å². The number of nitrogens with one attached hydrogen (secondary N) is 1. The van der Waals surface area contributed by atoms with Crippen molar-refractivity contribution in [2.45, 2.75) is 51.2 Å². The molecule has 1 aliphatic carbocycles. The highest BCUT2D eigenvalue weighted by Crippen LogP contribution is 2.41. The summed E-state index contributed by atoms with van der Waals surface area (Å²) in [4.78, 5) is 23.0. The first-order valence-electron chi connectivity index (χ1n) is 6.69. The van der Waals surface area contributed by atoms with Crippen LogP contribution >= 0.6 is 0 Å². The molecule has 4 nitrogen and oxygen atoms in total. The molecule has 0 unspecified atom stereocenters. The fraction of sp³-hybridized carbons (Fsp3) is 0.846. The molecule has 0 saturated heterocycles. The molecule has 0 aromatic rings. The van der Waals surface area contributed by atoms with E-state index in [1.54, 1.807) is 6.92 Å². The monoisotopic (exact) mass is 295 g/mol. The largest absolute Gasteiger partial charge is 0.469 e. The van der Waals surface area contributed by atoms with Crippen molar-refractivity contribution in [3.05, 3.63) is 0 Å². The number of ether oxygens (including phenoxy) is 1. The van der Waals surface area contributed by atoms with Crippen LogP contribution in [0, 0.1) is 11.8 Å². The average molecular weight is 295 g/mol. The summed E-state index contributed by atoms with van der Waals surface area (Å²) in [7, 11) is 1.22. The van der Waals surface area contributed by atoms with Gasteiger partial charge in [0.2, 0.25) is 5.91 Å². The van der Waals surface area contributed by atoms with Gasteiger partial charge in [0.05, 0.1) is 19.4 Å². The Balaban J connectivity index is 2.62. The van der Waals surface area contributed by atoms with Crippen LogP contribution in [0.2, 0.25) is 0 Å². The third-order valence-electron chi connectivity index (χ3n) is 3.61. The molecule has 0 aromatic carbocycles. The lowest BCUT2D eigenvalue weighted by Gasteiger charge is -2.32. The first kappa shape index (κ1) is 16.8. The van der Waals surface area contributed by atoms with Gasteiger partial charge >= 0.3 is 12.1 Å². The van der Waals surface area contributed by atoms with Crippen LogP contribution in [0.5, 0.6) is 0 Å². The number of hydrogen-bond acceptors (Lipinski definition) is 3. The number of hydrogen-bond donors (Lipinski definition) is 1. The minimum Gasteiger partial charge on any atom is -0.469 e.